The summed E-state index contributed by atoms with van der Waals surface area (Å²) in [5.74, 6) is 0.438. The van der Waals surface area contributed by atoms with Crippen molar-refractivity contribution >= 4 is 23.3 Å². The van der Waals surface area contributed by atoms with E-state index in [1.807, 2.05) is 12.1 Å². The quantitative estimate of drug-likeness (QED) is 0.581. The second-order valence-electron chi connectivity index (χ2n) is 8.72. The summed E-state index contributed by atoms with van der Waals surface area (Å²) in [5.41, 5.74) is 2.82. The summed E-state index contributed by atoms with van der Waals surface area (Å²) in [5, 5.41) is 14.5. The zero-order valence-electron chi connectivity index (χ0n) is 17.0. The molecule has 3 heterocycles. The van der Waals surface area contributed by atoms with Crippen LogP contribution in [-0.2, 0) is 14.9 Å². The zero-order valence-corrected chi connectivity index (χ0v) is 17.8. The maximum Gasteiger partial charge on any atom is 0.335 e. The van der Waals surface area contributed by atoms with E-state index < -0.39 is 11.5 Å². The third-order valence-corrected chi connectivity index (χ3v) is 8.20. The molecule has 4 aliphatic rings. The molecule has 3 aliphatic heterocycles. The number of aliphatic hydroxyl groups excluding tert-OH is 1. The number of carbonyl (C=O) groups excluding carboxylic acids is 1. The summed E-state index contributed by atoms with van der Waals surface area (Å²) in [6.45, 7) is 3.64. The number of carbonyl (C=O) groups is 1. The molecule has 156 valence electrons. The van der Waals surface area contributed by atoms with Crippen LogP contribution in [0.4, 0.5) is 5.69 Å². The van der Waals surface area contributed by atoms with E-state index in [1.165, 1.54) is 12.7 Å². The number of rotatable bonds is 3. The lowest BCUT2D eigenvalue weighted by Gasteiger charge is -2.58. The van der Waals surface area contributed by atoms with E-state index in [-0.39, 0.29) is 22.8 Å². The first-order valence-corrected chi connectivity index (χ1v) is 10.7. The van der Waals surface area contributed by atoms with Gasteiger partial charge in [-0.3, -0.25) is 4.90 Å². The standard InChI is InChI=1S/C22H27ClN2O4/c1-4-21-10-13(19(27)29-3)17-22(14-6-5-12(28-2)9-16(14)24-17)7-8-25(20(21)22)11-15(23)18(21)26/h5-6,9,15,18,20,24,26H,4,7-8,10-11H2,1-3H3/t15-,18+,20+,21-,22+/m1/s1. The molecule has 29 heavy (non-hydrogen) atoms. The number of ether oxygens (including phenoxy) is 2. The van der Waals surface area contributed by atoms with Crippen molar-refractivity contribution in [3.8, 4) is 5.75 Å². The van der Waals surface area contributed by atoms with Crippen LogP contribution in [0, 0.1) is 5.41 Å². The lowest BCUT2D eigenvalue weighted by Crippen LogP contribution is -2.68. The van der Waals surface area contributed by atoms with Crippen LogP contribution in [0.5, 0.6) is 5.75 Å². The number of aliphatic hydroxyl groups is 1. The van der Waals surface area contributed by atoms with Gasteiger partial charge < -0.3 is 19.9 Å². The van der Waals surface area contributed by atoms with Gasteiger partial charge in [0.15, 0.2) is 0 Å². The maximum absolute atomic E-state index is 12.9. The van der Waals surface area contributed by atoms with Crippen molar-refractivity contribution in [2.24, 2.45) is 5.41 Å². The fourth-order valence-corrected chi connectivity index (χ4v) is 7.08. The molecule has 2 saturated heterocycles. The van der Waals surface area contributed by atoms with Gasteiger partial charge in [-0.2, -0.15) is 0 Å². The number of piperidine rings is 1. The van der Waals surface area contributed by atoms with Gasteiger partial charge in [0.1, 0.15) is 5.75 Å². The van der Waals surface area contributed by atoms with Gasteiger partial charge in [0.05, 0.1) is 36.7 Å². The van der Waals surface area contributed by atoms with Crippen LogP contribution < -0.4 is 10.1 Å². The summed E-state index contributed by atoms with van der Waals surface area (Å²) in [4.78, 5) is 15.3. The Morgan fingerprint density at radius 2 is 2.21 bits per heavy atom. The molecule has 0 amide bonds. The van der Waals surface area contributed by atoms with Gasteiger partial charge in [0, 0.05) is 35.5 Å². The Balaban J connectivity index is 1.80. The van der Waals surface area contributed by atoms with E-state index in [1.54, 1.807) is 7.11 Å². The Labute approximate surface area is 175 Å². The van der Waals surface area contributed by atoms with Gasteiger partial charge in [-0.15, -0.1) is 11.6 Å². The van der Waals surface area contributed by atoms with Gasteiger partial charge in [-0.25, -0.2) is 4.79 Å². The molecule has 6 nitrogen and oxygen atoms in total. The number of hydrogen-bond acceptors (Lipinski definition) is 6. The van der Waals surface area contributed by atoms with Crippen LogP contribution in [0.1, 0.15) is 31.7 Å². The van der Waals surface area contributed by atoms with Crippen LogP contribution in [0.15, 0.2) is 29.5 Å². The summed E-state index contributed by atoms with van der Waals surface area (Å²) in [7, 11) is 3.07. The molecule has 0 radical (unpaired) electrons. The third kappa shape index (κ3) is 2.23. The smallest absolute Gasteiger partial charge is 0.335 e. The molecule has 5 atom stereocenters. The summed E-state index contributed by atoms with van der Waals surface area (Å²) in [6.07, 6.45) is 1.38. The van der Waals surface area contributed by atoms with E-state index in [0.29, 0.717) is 18.5 Å². The Kier molecular flexibility index (Phi) is 4.22. The minimum Gasteiger partial charge on any atom is -0.497 e. The molecule has 1 aliphatic carbocycles. The second kappa shape index (κ2) is 6.37. The molecule has 7 heteroatoms. The van der Waals surface area contributed by atoms with Gasteiger partial charge in [-0.1, -0.05) is 13.0 Å². The maximum atomic E-state index is 12.9. The summed E-state index contributed by atoms with van der Waals surface area (Å²) in [6, 6.07) is 6.15. The second-order valence-corrected chi connectivity index (χ2v) is 9.29. The van der Waals surface area contributed by atoms with Gasteiger partial charge >= 0.3 is 5.97 Å². The van der Waals surface area contributed by atoms with Crippen LogP contribution in [0.2, 0.25) is 0 Å². The SMILES string of the molecule is CC[C@@]12CC(C(=O)OC)=C3Nc4cc(OC)ccc4[C@@]34CCN(C[C@@H](Cl)[C@@H]1O)[C@@H]24. The van der Waals surface area contributed by atoms with E-state index in [9.17, 15) is 9.90 Å². The molecule has 2 fully saturated rings. The Bertz CT molecular complexity index is 918. The minimum atomic E-state index is -0.686. The predicted molar refractivity (Wildman–Crippen MR) is 110 cm³/mol. The van der Waals surface area contributed by atoms with Crippen LogP contribution >= 0.6 is 11.6 Å². The molecule has 0 saturated carbocycles. The van der Waals surface area contributed by atoms with Crippen LogP contribution in [0.3, 0.4) is 0 Å². The Morgan fingerprint density at radius 3 is 2.90 bits per heavy atom. The molecule has 1 aromatic rings. The number of hydrogen-bond donors (Lipinski definition) is 2. The molecule has 2 N–H and O–H groups in total. The van der Waals surface area contributed by atoms with E-state index in [0.717, 1.165) is 36.5 Å². The first-order chi connectivity index (χ1) is 13.9. The fourth-order valence-electron chi connectivity index (χ4n) is 6.65. The number of esters is 1. The highest BCUT2D eigenvalue weighted by atomic mass is 35.5. The highest BCUT2D eigenvalue weighted by Crippen LogP contribution is 2.65. The molecule has 0 unspecified atom stereocenters. The molecular weight excluding hydrogens is 392 g/mol. The van der Waals surface area contributed by atoms with Gasteiger partial charge in [0.2, 0.25) is 0 Å². The van der Waals surface area contributed by atoms with Gasteiger partial charge in [0.25, 0.3) is 0 Å². The van der Waals surface area contributed by atoms with Crippen molar-refractivity contribution in [2.75, 3.05) is 32.6 Å². The number of nitrogens with one attached hydrogen (secondary N) is 1. The topological polar surface area (TPSA) is 71.0 Å². The van der Waals surface area contributed by atoms with E-state index >= 15 is 0 Å². The molecule has 0 aromatic heterocycles. The number of methoxy groups -OCH3 is 2. The molecule has 5 rings (SSSR count). The summed E-state index contributed by atoms with van der Waals surface area (Å²) >= 11 is 6.63. The minimum absolute atomic E-state index is 0.0792. The fraction of sp³-hybridized carbons (Fsp3) is 0.591. The molecular formula is C22H27ClN2O4. The van der Waals surface area contributed by atoms with Crippen molar-refractivity contribution in [3.05, 3.63) is 35.0 Å². The predicted octanol–water partition coefficient (Wildman–Crippen LogP) is 2.64. The molecule has 0 bridgehead atoms. The normalized spacial score (nSPS) is 37.5. The number of nitrogens with zero attached hydrogens (tertiary/aromatic N) is 1. The van der Waals surface area contributed by atoms with Crippen LogP contribution in [0.25, 0.3) is 0 Å². The number of halogens is 1. The first kappa shape index (κ1) is 19.2. The zero-order chi connectivity index (χ0) is 20.6. The third-order valence-electron chi connectivity index (χ3n) is 7.82. The first-order valence-electron chi connectivity index (χ1n) is 10.3. The van der Waals surface area contributed by atoms with Crippen LogP contribution in [-0.4, -0.2) is 60.8 Å². The summed E-state index contributed by atoms with van der Waals surface area (Å²) < 4.78 is 10.6. The Morgan fingerprint density at radius 1 is 1.41 bits per heavy atom. The van der Waals surface area contributed by atoms with Crippen molar-refractivity contribution < 1.29 is 19.4 Å². The Hall–Kier alpha value is -1.76. The van der Waals surface area contributed by atoms with E-state index in [2.05, 4.69) is 23.2 Å². The number of anilines is 1. The lowest BCUT2D eigenvalue weighted by molar-refractivity contribution is -0.139. The number of alkyl halides is 1. The van der Waals surface area contributed by atoms with Crippen molar-refractivity contribution in [1.29, 1.82) is 0 Å². The molecule has 1 aromatic carbocycles. The van der Waals surface area contributed by atoms with Crippen molar-refractivity contribution in [2.45, 2.75) is 49.1 Å². The van der Waals surface area contributed by atoms with Crippen molar-refractivity contribution in [3.63, 3.8) is 0 Å². The molecule has 1 spiro atoms. The lowest BCUT2D eigenvalue weighted by atomic mass is 9.52. The average Bonchev–Trinajstić information content (AvgIpc) is 3.28. The van der Waals surface area contributed by atoms with Gasteiger partial charge in [-0.05, 0) is 37.4 Å². The number of fused-ring (bicyclic) bond motifs is 1. The highest BCUT2D eigenvalue weighted by molar-refractivity contribution is 6.21. The van der Waals surface area contributed by atoms with E-state index in [4.69, 9.17) is 21.1 Å². The largest absolute Gasteiger partial charge is 0.497 e. The monoisotopic (exact) mass is 418 g/mol. The average molecular weight is 419 g/mol. The number of benzene rings is 1. The highest BCUT2D eigenvalue weighted by Gasteiger charge is 2.69. The van der Waals surface area contributed by atoms with Crippen molar-refractivity contribution in [1.82, 2.24) is 4.90 Å².